The van der Waals surface area contributed by atoms with E-state index in [1.54, 1.807) is 0 Å². The SMILES string of the molecule is CCCCOCCCNC(=O)N1CCN(Cc2ccccc2)CC1. The molecule has 134 valence electrons. The molecular weight excluding hydrogens is 302 g/mol. The van der Waals surface area contributed by atoms with Crippen LogP contribution in [0.2, 0.25) is 0 Å². The third-order valence-electron chi connectivity index (χ3n) is 4.29. The highest BCUT2D eigenvalue weighted by Crippen LogP contribution is 2.08. The Labute approximate surface area is 146 Å². The Kier molecular flexibility index (Phi) is 8.63. The van der Waals surface area contributed by atoms with Gasteiger partial charge in [0.25, 0.3) is 0 Å². The van der Waals surface area contributed by atoms with Gasteiger partial charge in [-0.15, -0.1) is 0 Å². The van der Waals surface area contributed by atoms with Crippen LogP contribution in [0.1, 0.15) is 31.7 Å². The standard InChI is InChI=1S/C19H31N3O2/c1-2-3-15-24-16-7-10-20-19(23)22-13-11-21(12-14-22)17-18-8-5-4-6-9-18/h4-6,8-9H,2-3,7,10-17H2,1H3,(H,20,23). The van der Waals surface area contributed by atoms with Gasteiger partial charge in [0.05, 0.1) is 0 Å². The first-order valence-corrected chi connectivity index (χ1v) is 9.16. The summed E-state index contributed by atoms with van der Waals surface area (Å²) in [6, 6.07) is 10.6. The number of hydrogen-bond acceptors (Lipinski definition) is 3. The molecule has 0 bridgehead atoms. The van der Waals surface area contributed by atoms with Gasteiger partial charge in [0.15, 0.2) is 0 Å². The Morgan fingerprint density at radius 2 is 1.79 bits per heavy atom. The largest absolute Gasteiger partial charge is 0.381 e. The Morgan fingerprint density at radius 1 is 1.08 bits per heavy atom. The van der Waals surface area contributed by atoms with Gasteiger partial charge >= 0.3 is 6.03 Å². The smallest absolute Gasteiger partial charge is 0.317 e. The number of carbonyl (C=O) groups is 1. The summed E-state index contributed by atoms with van der Waals surface area (Å²) >= 11 is 0. The third-order valence-corrected chi connectivity index (χ3v) is 4.29. The maximum atomic E-state index is 12.2. The van der Waals surface area contributed by atoms with E-state index in [9.17, 15) is 4.79 Å². The highest BCUT2D eigenvalue weighted by molar-refractivity contribution is 5.74. The molecule has 0 saturated carbocycles. The van der Waals surface area contributed by atoms with E-state index in [4.69, 9.17) is 4.74 Å². The van der Waals surface area contributed by atoms with Crippen LogP contribution in [0, 0.1) is 0 Å². The molecule has 0 aliphatic carbocycles. The number of carbonyl (C=O) groups excluding carboxylic acids is 1. The Bertz CT molecular complexity index is 459. The number of piperazine rings is 1. The van der Waals surface area contributed by atoms with Crippen molar-refractivity contribution in [3.05, 3.63) is 35.9 Å². The number of nitrogens with zero attached hydrogens (tertiary/aromatic N) is 2. The summed E-state index contributed by atoms with van der Waals surface area (Å²) in [5.74, 6) is 0. The van der Waals surface area contributed by atoms with Crippen molar-refractivity contribution < 1.29 is 9.53 Å². The van der Waals surface area contributed by atoms with Gasteiger partial charge in [-0.05, 0) is 18.4 Å². The average Bonchev–Trinajstić information content (AvgIpc) is 2.62. The van der Waals surface area contributed by atoms with Crippen molar-refractivity contribution >= 4 is 6.03 Å². The van der Waals surface area contributed by atoms with Gasteiger partial charge in [-0.1, -0.05) is 43.7 Å². The lowest BCUT2D eigenvalue weighted by atomic mass is 10.2. The van der Waals surface area contributed by atoms with Gasteiger partial charge in [-0.25, -0.2) is 4.79 Å². The van der Waals surface area contributed by atoms with Gasteiger partial charge in [-0.2, -0.15) is 0 Å². The summed E-state index contributed by atoms with van der Waals surface area (Å²) in [7, 11) is 0. The second-order valence-corrected chi connectivity index (χ2v) is 6.30. The molecule has 1 aliphatic rings. The predicted octanol–water partition coefficient (Wildman–Crippen LogP) is 2.72. The molecule has 0 spiro atoms. The zero-order chi connectivity index (χ0) is 17.0. The van der Waals surface area contributed by atoms with Gasteiger partial charge < -0.3 is 15.0 Å². The molecule has 0 atom stereocenters. The van der Waals surface area contributed by atoms with Gasteiger partial charge in [-0.3, -0.25) is 4.90 Å². The monoisotopic (exact) mass is 333 g/mol. The molecule has 1 aromatic carbocycles. The first-order valence-electron chi connectivity index (χ1n) is 9.16. The van der Waals surface area contributed by atoms with E-state index in [1.165, 1.54) is 5.56 Å². The minimum atomic E-state index is 0.0583. The molecule has 2 amide bonds. The van der Waals surface area contributed by atoms with E-state index >= 15 is 0 Å². The van der Waals surface area contributed by atoms with Crippen molar-refractivity contribution in [1.82, 2.24) is 15.1 Å². The quantitative estimate of drug-likeness (QED) is 0.707. The molecule has 0 radical (unpaired) electrons. The topological polar surface area (TPSA) is 44.8 Å². The van der Waals surface area contributed by atoms with Crippen LogP contribution in [0.5, 0.6) is 0 Å². The van der Waals surface area contributed by atoms with Crippen LogP contribution in [0.25, 0.3) is 0 Å². The van der Waals surface area contributed by atoms with E-state index in [2.05, 4.69) is 41.4 Å². The second-order valence-electron chi connectivity index (χ2n) is 6.30. The first kappa shape index (κ1) is 18.7. The molecule has 1 N–H and O–H groups in total. The summed E-state index contributed by atoms with van der Waals surface area (Å²) in [4.78, 5) is 16.5. The van der Waals surface area contributed by atoms with Gasteiger partial charge in [0, 0.05) is 52.5 Å². The summed E-state index contributed by atoms with van der Waals surface area (Å²) in [6.45, 7) is 8.82. The molecule has 1 fully saturated rings. The molecule has 24 heavy (non-hydrogen) atoms. The van der Waals surface area contributed by atoms with Crippen molar-refractivity contribution in [2.24, 2.45) is 0 Å². The summed E-state index contributed by atoms with van der Waals surface area (Å²) in [6.07, 6.45) is 3.15. The van der Waals surface area contributed by atoms with Crippen LogP contribution in [0.4, 0.5) is 4.79 Å². The lowest BCUT2D eigenvalue weighted by molar-refractivity contribution is 0.124. The van der Waals surface area contributed by atoms with E-state index in [0.717, 1.165) is 65.2 Å². The molecule has 0 aromatic heterocycles. The van der Waals surface area contributed by atoms with Crippen molar-refractivity contribution in [2.75, 3.05) is 45.9 Å². The molecule has 1 saturated heterocycles. The molecule has 5 heteroatoms. The van der Waals surface area contributed by atoms with Crippen molar-refractivity contribution in [3.63, 3.8) is 0 Å². The van der Waals surface area contributed by atoms with Gasteiger partial charge in [0.2, 0.25) is 0 Å². The summed E-state index contributed by atoms with van der Waals surface area (Å²) < 4.78 is 5.50. The van der Waals surface area contributed by atoms with Crippen LogP contribution in [0.15, 0.2) is 30.3 Å². The normalized spacial score (nSPS) is 15.5. The van der Waals surface area contributed by atoms with Gasteiger partial charge in [0.1, 0.15) is 0 Å². The minimum absolute atomic E-state index is 0.0583. The minimum Gasteiger partial charge on any atom is -0.381 e. The van der Waals surface area contributed by atoms with E-state index in [-0.39, 0.29) is 6.03 Å². The van der Waals surface area contributed by atoms with E-state index in [0.29, 0.717) is 6.54 Å². The number of benzene rings is 1. The second kappa shape index (κ2) is 11.0. The Hall–Kier alpha value is -1.59. The third kappa shape index (κ3) is 6.89. The lowest BCUT2D eigenvalue weighted by Crippen LogP contribution is -2.51. The summed E-state index contributed by atoms with van der Waals surface area (Å²) in [5.41, 5.74) is 1.33. The van der Waals surface area contributed by atoms with Crippen LogP contribution < -0.4 is 5.32 Å². The molecule has 2 rings (SSSR count). The zero-order valence-electron chi connectivity index (χ0n) is 14.9. The molecule has 1 heterocycles. The van der Waals surface area contributed by atoms with Crippen molar-refractivity contribution in [2.45, 2.75) is 32.7 Å². The maximum Gasteiger partial charge on any atom is 0.317 e. The highest BCUT2D eigenvalue weighted by Gasteiger charge is 2.20. The van der Waals surface area contributed by atoms with Crippen LogP contribution in [-0.4, -0.2) is 61.8 Å². The highest BCUT2D eigenvalue weighted by atomic mass is 16.5. The van der Waals surface area contributed by atoms with Crippen LogP contribution in [0.3, 0.4) is 0 Å². The fraction of sp³-hybridized carbons (Fsp3) is 0.632. The zero-order valence-corrected chi connectivity index (χ0v) is 14.9. The Morgan fingerprint density at radius 3 is 2.50 bits per heavy atom. The number of rotatable bonds is 9. The average molecular weight is 333 g/mol. The van der Waals surface area contributed by atoms with Crippen molar-refractivity contribution in [3.8, 4) is 0 Å². The molecule has 1 aliphatic heterocycles. The number of amides is 2. The van der Waals surface area contributed by atoms with E-state index in [1.807, 2.05) is 11.0 Å². The Balaban J connectivity index is 1.55. The molecule has 0 unspecified atom stereocenters. The predicted molar refractivity (Wildman–Crippen MR) is 97.0 cm³/mol. The number of nitrogens with one attached hydrogen (secondary N) is 1. The molecular formula is C19H31N3O2. The number of hydrogen-bond donors (Lipinski definition) is 1. The van der Waals surface area contributed by atoms with E-state index < -0.39 is 0 Å². The van der Waals surface area contributed by atoms with Crippen LogP contribution >= 0.6 is 0 Å². The van der Waals surface area contributed by atoms with Crippen molar-refractivity contribution in [1.29, 1.82) is 0 Å². The molecule has 1 aromatic rings. The number of ether oxygens (including phenoxy) is 1. The van der Waals surface area contributed by atoms with Crippen LogP contribution in [-0.2, 0) is 11.3 Å². The fourth-order valence-electron chi connectivity index (χ4n) is 2.78. The first-order chi connectivity index (χ1) is 11.8. The summed E-state index contributed by atoms with van der Waals surface area (Å²) in [5, 5.41) is 3.00. The fourth-order valence-corrected chi connectivity index (χ4v) is 2.78. The molecule has 5 nitrogen and oxygen atoms in total. The maximum absolute atomic E-state index is 12.2. The number of urea groups is 1. The number of unbranched alkanes of at least 4 members (excludes halogenated alkanes) is 1. The lowest BCUT2D eigenvalue weighted by Gasteiger charge is -2.34.